The Morgan fingerprint density at radius 1 is 1.31 bits per heavy atom. The Kier molecular flexibility index (Phi) is 2.89. The highest BCUT2D eigenvalue weighted by Crippen LogP contribution is 2.34. The monoisotopic (exact) mass is 343 g/mol. The molecule has 0 spiro atoms. The van der Waals surface area contributed by atoms with Gasteiger partial charge in [0, 0.05) is 21.8 Å². The number of fused-ring (bicyclic) bond motifs is 1. The third-order valence-electron chi connectivity index (χ3n) is 2.58. The van der Waals surface area contributed by atoms with Gasteiger partial charge in [-0.3, -0.25) is 0 Å². The lowest BCUT2D eigenvalue weighted by Gasteiger charge is -2.04. The van der Waals surface area contributed by atoms with Gasteiger partial charge in [-0.05, 0) is 0 Å². The highest BCUT2D eigenvalue weighted by molar-refractivity contribution is 14.1. The van der Waals surface area contributed by atoms with Crippen molar-refractivity contribution in [2.24, 2.45) is 0 Å². The van der Waals surface area contributed by atoms with E-state index in [-0.39, 0.29) is 0 Å². The summed E-state index contributed by atoms with van der Waals surface area (Å²) >= 11 is 4.26. The maximum atomic E-state index is 4.27. The molecule has 0 saturated carbocycles. The number of nitrogens with zero attached hydrogens (tertiary/aromatic N) is 3. The molecule has 5 heteroatoms. The van der Waals surface area contributed by atoms with Crippen molar-refractivity contribution in [2.75, 3.05) is 4.43 Å². The summed E-state index contributed by atoms with van der Waals surface area (Å²) in [6.45, 7) is 1.03. The molecule has 0 fully saturated rings. The van der Waals surface area contributed by atoms with Crippen molar-refractivity contribution < 1.29 is 0 Å². The van der Waals surface area contributed by atoms with Crippen molar-refractivity contribution >= 4 is 34.4 Å². The number of halogens is 1. The molecule has 1 aromatic carbocycles. The zero-order valence-electron chi connectivity index (χ0n) is 8.51. The quantitative estimate of drug-likeness (QED) is 0.621. The fourth-order valence-corrected chi connectivity index (χ4v) is 3.59. The zero-order chi connectivity index (χ0) is 11.0. The molecule has 0 saturated heterocycles. The molecule has 1 atom stereocenters. The molecule has 2 aromatic rings. The lowest BCUT2D eigenvalue weighted by Crippen LogP contribution is -2.07. The highest BCUT2D eigenvalue weighted by atomic mass is 127. The third-order valence-corrected chi connectivity index (χ3v) is 5.40. The number of thioether (sulfide) groups is 1. The number of aromatic nitrogens is 3. The minimum atomic E-state index is 0.647. The maximum Gasteiger partial charge on any atom is 0.191 e. The van der Waals surface area contributed by atoms with Crippen molar-refractivity contribution in [3.8, 4) is 11.4 Å². The van der Waals surface area contributed by atoms with Crippen LogP contribution in [0, 0.1) is 0 Å². The molecule has 3 nitrogen and oxygen atoms in total. The van der Waals surface area contributed by atoms with E-state index in [1.54, 1.807) is 0 Å². The normalized spacial score (nSPS) is 18.7. The van der Waals surface area contributed by atoms with Crippen molar-refractivity contribution in [2.45, 2.75) is 17.0 Å². The summed E-state index contributed by atoms with van der Waals surface area (Å²) in [5.74, 6) is 0.996. The first kappa shape index (κ1) is 10.6. The standard InChI is InChI=1S/C11H10IN3S/c12-6-9-7-15-10(13-14-11(15)16-9)8-4-2-1-3-5-8/h1-5,9H,6-7H2. The van der Waals surface area contributed by atoms with Crippen molar-refractivity contribution in [1.82, 2.24) is 14.8 Å². The van der Waals surface area contributed by atoms with E-state index in [0.29, 0.717) is 5.25 Å². The molecule has 0 bridgehead atoms. The first-order valence-electron chi connectivity index (χ1n) is 5.09. The summed E-state index contributed by atoms with van der Waals surface area (Å²) in [7, 11) is 0. The van der Waals surface area contributed by atoms with Gasteiger partial charge in [0.05, 0.1) is 0 Å². The maximum absolute atomic E-state index is 4.27. The van der Waals surface area contributed by atoms with E-state index in [9.17, 15) is 0 Å². The van der Waals surface area contributed by atoms with Crippen LogP contribution in [0.3, 0.4) is 0 Å². The molecular weight excluding hydrogens is 333 g/mol. The summed E-state index contributed by atoms with van der Waals surface area (Å²) < 4.78 is 3.38. The number of benzene rings is 1. The van der Waals surface area contributed by atoms with Crippen molar-refractivity contribution in [3.63, 3.8) is 0 Å². The number of hydrogen-bond acceptors (Lipinski definition) is 3. The van der Waals surface area contributed by atoms with Gasteiger partial charge in [0.1, 0.15) is 0 Å². The Morgan fingerprint density at radius 3 is 2.88 bits per heavy atom. The van der Waals surface area contributed by atoms with Crippen LogP contribution in [0.4, 0.5) is 0 Å². The smallest absolute Gasteiger partial charge is 0.191 e. The SMILES string of the molecule is ICC1Cn2c(nnc2-c2ccccc2)S1. The molecule has 1 unspecified atom stereocenters. The zero-order valence-corrected chi connectivity index (χ0v) is 11.5. The highest BCUT2D eigenvalue weighted by Gasteiger charge is 2.26. The molecule has 0 amide bonds. The second-order valence-electron chi connectivity index (χ2n) is 3.68. The molecule has 1 aliphatic heterocycles. The topological polar surface area (TPSA) is 30.7 Å². The van der Waals surface area contributed by atoms with Gasteiger partial charge in [-0.15, -0.1) is 10.2 Å². The van der Waals surface area contributed by atoms with E-state index in [0.717, 1.165) is 27.5 Å². The van der Waals surface area contributed by atoms with Crippen LogP contribution in [0.25, 0.3) is 11.4 Å². The second-order valence-corrected chi connectivity index (χ2v) is 5.83. The van der Waals surface area contributed by atoms with Gasteiger partial charge >= 0.3 is 0 Å². The second kappa shape index (κ2) is 4.37. The number of alkyl halides is 1. The largest absolute Gasteiger partial charge is 0.301 e. The van der Waals surface area contributed by atoms with Gasteiger partial charge in [0.15, 0.2) is 11.0 Å². The lowest BCUT2D eigenvalue weighted by molar-refractivity contribution is 0.681. The number of rotatable bonds is 2. The Labute approximate surface area is 112 Å². The molecule has 82 valence electrons. The van der Waals surface area contributed by atoms with E-state index in [1.807, 2.05) is 30.0 Å². The Morgan fingerprint density at radius 2 is 2.12 bits per heavy atom. The number of hydrogen-bond donors (Lipinski definition) is 0. The van der Waals surface area contributed by atoms with Gasteiger partial charge in [0.25, 0.3) is 0 Å². The van der Waals surface area contributed by atoms with Crippen molar-refractivity contribution in [3.05, 3.63) is 30.3 Å². The van der Waals surface area contributed by atoms with Crippen LogP contribution >= 0.6 is 34.4 Å². The fourth-order valence-electron chi connectivity index (χ4n) is 1.81. The van der Waals surface area contributed by atoms with E-state index in [4.69, 9.17) is 0 Å². The molecule has 2 heterocycles. The summed E-state index contributed by atoms with van der Waals surface area (Å²) in [6.07, 6.45) is 0. The first-order valence-corrected chi connectivity index (χ1v) is 7.50. The molecule has 0 radical (unpaired) electrons. The van der Waals surface area contributed by atoms with Crippen LogP contribution in [-0.2, 0) is 6.54 Å². The summed E-state index contributed by atoms with van der Waals surface area (Å²) in [4.78, 5) is 0. The fraction of sp³-hybridized carbons (Fsp3) is 0.273. The molecule has 0 N–H and O–H groups in total. The minimum Gasteiger partial charge on any atom is -0.301 e. The van der Waals surface area contributed by atoms with Crippen LogP contribution < -0.4 is 0 Å². The van der Waals surface area contributed by atoms with Gasteiger partial charge < -0.3 is 4.57 Å². The van der Waals surface area contributed by atoms with E-state index in [2.05, 4.69) is 49.5 Å². The van der Waals surface area contributed by atoms with E-state index in [1.165, 1.54) is 0 Å². The van der Waals surface area contributed by atoms with Crippen LogP contribution in [0.1, 0.15) is 0 Å². The van der Waals surface area contributed by atoms with Crippen molar-refractivity contribution in [1.29, 1.82) is 0 Å². The molecule has 1 aliphatic rings. The van der Waals surface area contributed by atoms with Gasteiger partial charge in [-0.1, -0.05) is 64.7 Å². The van der Waals surface area contributed by atoms with E-state index < -0.39 is 0 Å². The molecular formula is C11H10IN3S. The van der Waals surface area contributed by atoms with Crippen LogP contribution in [0.2, 0.25) is 0 Å². The van der Waals surface area contributed by atoms with Gasteiger partial charge in [-0.2, -0.15) is 0 Å². The average Bonchev–Trinajstić information content (AvgIpc) is 2.88. The lowest BCUT2D eigenvalue weighted by atomic mass is 10.2. The molecule has 1 aromatic heterocycles. The molecule has 3 rings (SSSR count). The Hall–Kier alpha value is -0.560. The third kappa shape index (κ3) is 1.75. The van der Waals surface area contributed by atoms with E-state index >= 15 is 0 Å². The molecule has 16 heavy (non-hydrogen) atoms. The Balaban J connectivity index is 2.00. The Bertz CT molecular complexity index is 497. The minimum absolute atomic E-state index is 0.647. The predicted octanol–water partition coefficient (Wildman–Crippen LogP) is 2.85. The molecule has 0 aliphatic carbocycles. The average molecular weight is 343 g/mol. The van der Waals surface area contributed by atoms with Crippen LogP contribution in [0.15, 0.2) is 35.5 Å². The summed E-state index contributed by atoms with van der Waals surface area (Å²) in [6, 6.07) is 10.3. The van der Waals surface area contributed by atoms with Crippen LogP contribution in [-0.4, -0.2) is 24.4 Å². The van der Waals surface area contributed by atoms with Crippen LogP contribution in [0.5, 0.6) is 0 Å². The predicted molar refractivity (Wildman–Crippen MR) is 74.0 cm³/mol. The summed E-state index contributed by atoms with van der Waals surface area (Å²) in [5, 5.41) is 10.2. The summed E-state index contributed by atoms with van der Waals surface area (Å²) in [5.41, 5.74) is 1.15. The van der Waals surface area contributed by atoms with Gasteiger partial charge in [-0.25, -0.2) is 0 Å². The first-order chi connectivity index (χ1) is 7.88. The van der Waals surface area contributed by atoms with Gasteiger partial charge in [0.2, 0.25) is 0 Å².